The van der Waals surface area contributed by atoms with Crippen LogP contribution in [-0.4, -0.2) is 11.2 Å². The van der Waals surface area contributed by atoms with E-state index in [0.29, 0.717) is 6.42 Å². The van der Waals surface area contributed by atoms with Crippen LogP contribution in [0.15, 0.2) is 16.6 Å². The van der Waals surface area contributed by atoms with Gasteiger partial charge in [0.15, 0.2) is 0 Å². The van der Waals surface area contributed by atoms with E-state index < -0.39 is 17.7 Å². The fourth-order valence-electron chi connectivity index (χ4n) is 2.08. The number of hydrogen-bond acceptors (Lipinski definition) is 1. The van der Waals surface area contributed by atoms with Gasteiger partial charge >= 0.3 is 0 Å². The summed E-state index contributed by atoms with van der Waals surface area (Å²) in [6.07, 6.45) is 0.274. The molecule has 4 heteroatoms. The maximum atomic E-state index is 13.8. The highest BCUT2D eigenvalue weighted by Crippen LogP contribution is 2.31. The average molecular weight is 307 g/mol. The van der Waals surface area contributed by atoms with Crippen LogP contribution in [0.2, 0.25) is 0 Å². The molecule has 1 aromatic rings. The minimum absolute atomic E-state index is 0.0741. The minimum Gasteiger partial charge on any atom is -0.393 e. The number of aliphatic hydroxyl groups is 1. The molecule has 0 aliphatic heterocycles. The highest BCUT2D eigenvalue weighted by molar-refractivity contribution is 9.10. The molecule has 1 nitrogen and oxygen atoms in total. The fraction of sp³-hybridized carbons (Fsp3) is 0.538. The second-order valence-corrected chi connectivity index (χ2v) is 6.07. The summed E-state index contributed by atoms with van der Waals surface area (Å²) < 4.78 is 27.6. The van der Waals surface area contributed by atoms with Gasteiger partial charge in [-0.25, -0.2) is 8.78 Å². The standard InChI is InChI=1S/C13H17BrF2O/c1-8(17)6-13(2,3)7-9-11(15)5-4-10(14)12(9)16/h4-5,8,17H,6-7H2,1-3H3. The summed E-state index contributed by atoms with van der Waals surface area (Å²) in [6.45, 7) is 5.45. The van der Waals surface area contributed by atoms with Crippen LogP contribution in [0, 0.1) is 17.0 Å². The number of benzene rings is 1. The van der Waals surface area contributed by atoms with Crippen molar-refractivity contribution in [2.45, 2.75) is 39.7 Å². The van der Waals surface area contributed by atoms with Gasteiger partial charge in [0.1, 0.15) is 11.6 Å². The van der Waals surface area contributed by atoms with E-state index in [4.69, 9.17) is 0 Å². The monoisotopic (exact) mass is 306 g/mol. The van der Waals surface area contributed by atoms with Crippen molar-refractivity contribution < 1.29 is 13.9 Å². The number of rotatable bonds is 4. The fourth-order valence-corrected chi connectivity index (χ4v) is 2.45. The molecule has 0 fully saturated rings. The molecule has 0 aliphatic rings. The Kier molecular flexibility index (Phi) is 4.67. The molecule has 0 heterocycles. The van der Waals surface area contributed by atoms with Crippen LogP contribution in [0.4, 0.5) is 8.78 Å². The Morgan fingerprint density at radius 3 is 2.47 bits per heavy atom. The molecule has 96 valence electrons. The molecule has 0 amide bonds. The highest BCUT2D eigenvalue weighted by atomic mass is 79.9. The summed E-state index contributed by atoms with van der Waals surface area (Å²) in [7, 11) is 0. The van der Waals surface area contributed by atoms with Gasteiger partial charge < -0.3 is 5.11 Å². The van der Waals surface area contributed by atoms with Crippen LogP contribution in [0.25, 0.3) is 0 Å². The van der Waals surface area contributed by atoms with Crippen LogP contribution >= 0.6 is 15.9 Å². The average Bonchev–Trinajstić information content (AvgIpc) is 2.17. The zero-order valence-electron chi connectivity index (χ0n) is 10.2. The van der Waals surface area contributed by atoms with E-state index >= 15 is 0 Å². The summed E-state index contributed by atoms with van der Waals surface area (Å²) in [5, 5.41) is 9.36. The molecule has 0 saturated heterocycles. The maximum Gasteiger partial charge on any atom is 0.143 e. The molecule has 1 atom stereocenters. The quantitative estimate of drug-likeness (QED) is 0.832. The van der Waals surface area contributed by atoms with E-state index in [1.54, 1.807) is 6.92 Å². The first-order chi connectivity index (χ1) is 7.73. The van der Waals surface area contributed by atoms with Crippen molar-refractivity contribution in [3.8, 4) is 0 Å². The van der Waals surface area contributed by atoms with E-state index in [2.05, 4.69) is 15.9 Å². The molecular formula is C13H17BrF2O. The lowest BCUT2D eigenvalue weighted by molar-refractivity contribution is 0.128. The zero-order valence-corrected chi connectivity index (χ0v) is 11.8. The maximum absolute atomic E-state index is 13.8. The first-order valence-electron chi connectivity index (χ1n) is 5.53. The second-order valence-electron chi connectivity index (χ2n) is 5.22. The third-order valence-corrected chi connectivity index (χ3v) is 3.25. The third kappa shape index (κ3) is 4.03. The molecule has 1 N–H and O–H groups in total. The van der Waals surface area contributed by atoms with Crippen molar-refractivity contribution in [1.82, 2.24) is 0 Å². The summed E-state index contributed by atoms with van der Waals surface area (Å²) in [4.78, 5) is 0. The van der Waals surface area contributed by atoms with Crippen LogP contribution < -0.4 is 0 Å². The van der Waals surface area contributed by atoms with Crippen molar-refractivity contribution >= 4 is 15.9 Å². The number of halogens is 3. The molecule has 0 bridgehead atoms. The van der Waals surface area contributed by atoms with Gasteiger partial charge in [-0.15, -0.1) is 0 Å². The topological polar surface area (TPSA) is 20.2 Å². The number of aliphatic hydroxyl groups excluding tert-OH is 1. The van der Waals surface area contributed by atoms with Crippen LogP contribution in [0.5, 0.6) is 0 Å². The van der Waals surface area contributed by atoms with Crippen molar-refractivity contribution in [2.24, 2.45) is 5.41 Å². The Morgan fingerprint density at radius 2 is 1.94 bits per heavy atom. The normalized spacial score (nSPS) is 13.8. The Hall–Kier alpha value is -0.480. The highest BCUT2D eigenvalue weighted by Gasteiger charge is 2.25. The minimum atomic E-state index is -0.552. The van der Waals surface area contributed by atoms with Gasteiger partial charge in [-0.2, -0.15) is 0 Å². The predicted molar refractivity (Wildman–Crippen MR) is 67.8 cm³/mol. The molecule has 1 rings (SSSR count). The Morgan fingerprint density at radius 1 is 1.35 bits per heavy atom. The molecule has 0 spiro atoms. The van der Waals surface area contributed by atoms with E-state index in [1.807, 2.05) is 13.8 Å². The lowest BCUT2D eigenvalue weighted by Gasteiger charge is -2.26. The van der Waals surface area contributed by atoms with Crippen molar-refractivity contribution in [1.29, 1.82) is 0 Å². The van der Waals surface area contributed by atoms with E-state index in [9.17, 15) is 13.9 Å². The molecule has 0 aromatic heterocycles. The van der Waals surface area contributed by atoms with Gasteiger partial charge in [-0.3, -0.25) is 0 Å². The van der Waals surface area contributed by atoms with Gasteiger partial charge in [0.25, 0.3) is 0 Å². The van der Waals surface area contributed by atoms with Gasteiger partial charge in [0.2, 0.25) is 0 Å². The van der Waals surface area contributed by atoms with Crippen LogP contribution in [0.3, 0.4) is 0 Å². The molecule has 1 unspecified atom stereocenters. The van der Waals surface area contributed by atoms with Gasteiger partial charge in [-0.05, 0) is 53.2 Å². The van der Waals surface area contributed by atoms with Crippen LogP contribution in [0.1, 0.15) is 32.8 Å². The van der Waals surface area contributed by atoms with E-state index in [-0.39, 0.29) is 21.9 Å². The third-order valence-electron chi connectivity index (χ3n) is 2.64. The zero-order chi connectivity index (χ0) is 13.2. The molecule has 0 saturated carbocycles. The predicted octanol–water partition coefficient (Wildman–Crippen LogP) is 4.07. The molecule has 0 radical (unpaired) electrons. The molecular weight excluding hydrogens is 290 g/mol. The Bertz CT molecular complexity index is 403. The van der Waals surface area contributed by atoms with Crippen molar-refractivity contribution in [3.63, 3.8) is 0 Å². The SMILES string of the molecule is CC(O)CC(C)(C)Cc1c(F)ccc(Br)c1F. The summed E-state index contributed by atoms with van der Waals surface area (Å²) >= 11 is 3.05. The van der Waals surface area contributed by atoms with Gasteiger partial charge in [-0.1, -0.05) is 13.8 Å². The van der Waals surface area contributed by atoms with Gasteiger partial charge in [0.05, 0.1) is 10.6 Å². The molecule has 1 aromatic carbocycles. The lowest BCUT2D eigenvalue weighted by Crippen LogP contribution is -2.22. The Labute approximate surface area is 109 Å². The van der Waals surface area contributed by atoms with E-state index in [1.165, 1.54) is 12.1 Å². The Balaban J connectivity index is 2.99. The van der Waals surface area contributed by atoms with Gasteiger partial charge in [0, 0.05) is 5.56 Å². The summed E-state index contributed by atoms with van der Waals surface area (Å²) in [6, 6.07) is 2.61. The largest absolute Gasteiger partial charge is 0.393 e. The lowest BCUT2D eigenvalue weighted by atomic mass is 9.81. The summed E-state index contributed by atoms with van der Waals surface area (Å²) in [5.74, 6) is -1.09. The molecule has 17 heavy (non-hydrogen) atoms. The molecule has 0 aliphatic carbocycles. The summed E-state index contributed by atoms with van der Waals surface area (Å²) in [5.41, 5.74) is -0.276. The van der Waals surface area contributed by atoms with E-state index in [0.717, 1.165) is 0 Å². The second kappa shape index (κ2) is 5.44. The van der Waals surface area contributed by atoms with Crippen LogP contribution in [-0.2, 0) is 6.42 Å². The number of hydrogen-bond donors (Lipinski definition) is 1. The first-order valence-corrected chi connectivity index (χ1v) is 6.33. The van der Waals surface area contributed by atoms with Crippen molar-refractivity contribution in [3.05, 3.63) is 33.8 Å². The first kappa shape index (κ1) is 14.6. The van der Waals surface area contributed by atoms with Crippen molar-refractivity contribution in [2.75, 3.05) is 0 Å². The smallest absolute Gasteiger partial charge is 0.143 e.